The van der Waals surface area contributed by atoms with Gasteiger partial charge in [-0.2, -0.15) is 0 Å². The lowest BCUT2D eigenvalue weighted by Gasteiger charge is -2.54. The van der Waals surface area contributed by atoms with Gasteiger partial charge >= 0.3 is 0 Å². The molecule has 1 saturated heterocycles. The first-order valence-corrected chi connectivity index (χ1v) is 12.1. The van der Waals surface area contributed by atoms with Crippen LogP contribution in [0.3, 0.4) is 0 Å². The highest BCUT2D eigenvalue weighted by atomic mass is 16.5. The number of nitrogens with one attached hydrogen (secondary N) is 2. The molecule has 4 rings (SSSR count). The van der Waals surface area contributed by atoms with E-state index in [1.54, 1.807) is 18.3 Å². The van der Waals surface area contributed by atoms with Gasteiger partial charge in [-0.3, -0.25) is 19.5 Å². The summed E-state index contributed by atoms with van der Waals surface area (Å²) in [5.74, 6) is 0.438. The fourth-order valence-electron chi connectivity index (χ4n) is 4.50. The quantitative estimate of drug-likeness (QED) is 0.353. The van der Waals surface area contributed by atoms with Crippen molar-refractivity contribution in [3.8, 4) is 5.75 Å². The van der Waals surface area contributed by atoms with Crippen molar-refractivity contribution in [1.82, 2.24) is 25.2 Å². The van der Waals surface area contributed by atoms with Crippen molar-refractivity contribution in [3.05, 3.63) is 63.8 Å². The number of carbonyl (C=O) groups excluding carboxylic acids is 1. The number of amides is 1. The fraction of sp³-hybridized carbons (Fsp3) is 0.364. The monoisotopic (exact) mass is 467 g/mol. The second-order valence-corrected chi connectivity index (χ2v) is 10.8. The molecule has 2 N–H and O–H groups in total. The molecule has 3 aromatic heterocycles. The molecule has 1 aliphatic rings. The molecule has 4 heterocycles. The van der Waals surface area contributed by atoms with E-state index in [1.807, 2.05) is 48.8 Å². The topological polar surface area (TPSA) is 100 Å². The van der Waals surface area contributed by atoms with Crippen LogP contribution >= 0.6 is 0 Å². The molecule has 35 heavy (non-hydrogen) atoms. The van der Waals surface area contributed by atoms with E-state index in [0.29, 0.717) is 17.9 Å². The molecule has 0 radical (unpaired) electrons. The van der Waals surface area contributed by atoms with E-state index in [9.17, 15) is 9.59 Å². The van der Waals surface area contributed by atoms with Crippen LogP contribution in [0, 0.1) is 0 Å². The Morgan fingerprint density at radius 3 is 2.54 bits per heavy atom. The number of H-pyrrole nitrogens is 1. The van der Waals surface area contributed by atoms with Gasteiger partial charge in [0, 0.05) is 24.3 Å². The molecule has 0 unspecified atom stereocenters. The van der Waals surface area contributed by atoms with E-state index in [4.69, 9.17) is 4.74 Å². The van der Waals surface area contributed by atoms with Gasteiger partial charge in [-0.25, -0.2) is 4.98 Å². The molecule has 0 aliphatic carbocycles. The Labute approximate surface area is 210 Å². The average molecular weight is 467 g/mol. The Balaban J connectivity index is 1.43. The second kappa shape index (κ2) is 9.26. The first kappa shape index (κ1) is 25.2. The van der Waals surface area contributed by atoms with Crippen LogP contribution < -0.4 is 15.6 Å². The summed E-state index contributed by atoms with van der Waals surface area (Å²) >= 11 is 0. The minimum atomic E-state index is -0.320. The van der Waals surface area contributed by atoms with E-state index >= 15 is 0 Å². The molecule has 1 amide bonds. The number of likely N-dealkylation sites (tertiary alicyclic amines) is 1. The summed E-state index contributed by atoms with van der Waals surface area (Å²) in [6.45, 7) is 4.84. The van der Waals surface area contributed by atoms with E-state index in [-0.39, 0.29) is 34.2 Å². The first-order valence-electron chi connectivity index (χ1n) is 12.1. The number of pyridine rings is 3. The van der Waals surface area contributed by atoms with Crippen LogP contribution in [0.2, 0.25) is 0 Å². The summed E-state index contributed by atoms with van der Waals surface area (Å²) in [7, 11) is 10.1. The van der Waals surface area contributed by atoms with Gasteiger partial charge in [0.05, 0.1) is 17.2 Å². The van der Waals surface area contributed by atoms with E-state index in [0.717, 1.165) is 28.7 Å². The number of aromatic amines is 1. The molecular formula is C22H30B5N5O3. The van der Waals surface area contributed by atoms with Crippen LogP contribution in [0.5, 0.6) is 5.75 Å². The van der Waals surface area contributed by atoms with Crippen molar-refractivity contribution >= 4 is 56.2 Å². The lowest BCUT2D eigenvalue weighted by atomic mass is 9.49. The number of hydrogen-bond acceptors (Lipinski definition) is 6. The normalized spacial score (nSPS) is 18.7. The van der Waals surface area contributed by atoms with Crippen LogP contribution in [-0.2, 0) is 11.8 Å². The third-order valence-corrected chi connectivity index (χ3v) is 6.73. The lowest BCUT2D eigenvalue weighted by molar-refractivity contribution is -0.0568. The zero-order valence-electron chi connectivity index (χ0n) is 21.6. The number of fused-ring (bicyclic) bond motifs is 1. The molecule has 0 bridgehead atoms. The summed E-state index contributed by atoms with van der Waals surface area (Å²) in [6.07, 6.45) is 4.18. The smallest absolute Gasteiger partial charge is 0.268 e. The first-order chi connectivity index (χ1) is 16.4. The molecule has 1 fully saturated rings. The largest absolute Gasteiger partial charge is 0.486 e. The summed E-state index contributed by atoms with van der Waals surface area (Å²) < 4.78 is 6.17. The molecule has 0 spiro atoms. The number of hydrogen-bond donors (Lipinski definition) is 2. The van der Waals surface area contributed by atoms with E-state index in [1.165, 1.54) is 0 Å². The lowest BCUT2D eigenvalue weighted by Crippen LogP contribution is -2.68. The Hall–Kier alpha value is -2.94. The molecule has 8 nitrogen and oxygen atoms in total. The predicted octanol–water partition coefficient (Wildman–Crippen LogP) is -3.35. The van der Waals surface area contributed by atoms with Crippen LogP contribution in [0.4, 0.5) is 0 Å². The SMILES string of the molecule is BC(B)(B)NC(=O)c1ccc(O[C@H]2CN(C(B)(B)c3cnc4cc(CC)c(=O)[nH]c4c3)[C@@H]2C)cn1. The fourth-order valence-corrected chi connectivity index (χ4v) is 4.50. The minimum Gasteiger partial charge on any atom is -0.486 e. The van der Waals surface area contributed by atoms with Gasteiger partial charge in [0.1, 0.15) is 56.8 Å². The van der Waals surface area contributed by atoms with Gasteiger partial charge in [-0.1, -0.05) is 6.92 Å². The van der Waals surface area contributed by atoms with Gasteiger partial charge in [0.2, 0.25) is 0 Å². The Bertz CT molecular complexity index is 1310. The third kappa shape index (κ3) is 5.20. The standard InChI is InChI=1S/C22H30B5N5O3/c1-3-12-6-16-17(30-19(12)33)7-13(8-28-16)21(23,24)32-10-18(11(32)2)35-14-4-5-15(29-9-14)20(34)31-22(25,26)27/h4-9,11,18H,3,10,23-27H2,1-2H3,(H,30,33)(H,31,34)/t11-,18+/m1/s1. The third-order valence-electron chi connectivity index (χ3n) is 6.73. The number of rotatable bonds is 7. The maximum Gasteiger partial charge on any atom is 0.268 e. The van der Waals surface area contributed by atoms with Gasteiger partial charge in [-0.05, 0) is 53.7 Å². The number of ether oxygens (including phenoxy) is 1. The van der Waals surface area contributed by atoms with Crippen LogP contribution in [0.25, 0.3) is 11.0 Å². The maximum atomic E-state index is 12.3. The summed E-state index contributed by atoms with van der Waals surface area (Å²) in [6, 6.07) is 7.53. The molecule has 1 aliphatic heterocycles. The summed E-state index contributed by atoms with van der Waals surface area (Å²) in [4.78, 5) is 38.8. The zero-order chi connectivity index (χ0) is 25.5. The summed E-state index contributed by atoms with van der Waals surface area (Å²) in [5, 5.41) is 2.29. The van der Waals surface area contributed by atoms with Gasteiger partial charge in [0.15, 0.2) is 0 Å². The van der Waals surface area contributed by atoms with E-state index < -0.39 is 0 Å². The van der Waals surface area contributed by atoms with Gasteiger partial charge < -0.3 is 15.0 Å². The van der Waals surface area contributed by atoms with Crippen molar-refractivity contribution in [1.29, 1.82) is 0 Å². The zero-order valence-corrected chi connectivity index (χ0v) is 21.6. The Morgan fingerprint density at radius 1 is 1.20 bits per heavy atom. The van der Waals surface area contributed by atoms with Crippen LogP contribution in [-0.4, -0.2) is 88.9 Å². The number of aryl methyl sites for hydroxylation is 1. The van der Waals surface area contributed by atoms with Crippen LogP contribution in [0.1, 0.15) is 35.5 Å². The van der Waals surface area contributed by atoms with Crippen molar-refractivity contribution < 1.29 is 9.53 Å². The highest BCUT2D eigenvalue weighted by Crippen LogP contribution is 2.34. The Morgan fingerprint density at radius 2 is 1.94 bits per heavy atom. The second-order valence-electron chi connectivity index (χ2n) is 10.8. The van der Waals surface area contributed by atoms with Crippen LogP contribution in [0.15, 0.2) is 41.5 Å². The molecule has 2 atom stereocenters. The molecular weight excluding hydrogens is 436 g/mol. The van der Waals surface area contributed by atoms with E-state index in [2.05, 4.69) is 47.8 Å². The van der Waals surface area contributed by atoms with Crippen molar-refractivity contribution in [3.63, 3.8) is 0 Å². The molecule has 3 aromatic rings. The Kier molecular flexibility index (Phi) is 6.66. The molecule has 13 heteroatoms. The molecule has 0 aromatic carbocycles. The highest BCUT2D eigenvalue weighted by Gasteiger charge is 2.45. The number of aromatic nitrogens is 3. The maximum absolute atomic E-state index is 12.3. The molecule has 176 valence electrons. The van der Waals surface area contributed by atoms with Crippen molar-refractivity contribution in [2.24, 2.45) is 0 Å². The van der Waals surface area contributed by atoms with Crippen molar-refractivity contribution in [2.45, 2.75) is 43.0 Å². The molecule has 0 saturated carbocycles. The highest BCUT2D eigenvalue weighted by molar-refractivity contribution is 6.60. The van der Waals surface area contributed by atoms with Gasteiger partial charge in [0.25, 0.3) is 11.5 Å². The predicted molar refractivity (Wildman–Crippen MR) is 151 cm³/mol. The van der Waals surface area contributed by atoms with Gasteiger partial charge in [-0.15, -0.1) is 0 Å². The minimum absolute atomic E-state index is 0.00524. The van der Waals surface area contributed by atoms with Crippen molar-refractivity contribution in [2.75, 3.05) is 6.54 Å². The number of carbonyl (C=O) groups is 1. The number of nitrogens with zero attached hydrogens (tertiary/aromatic N) is 3. The summed E-state index contributed by atoms with van der Waals surface area (Å²) in [5.41, 5.74) is 3.63. The average Bonchev–Trinajstić information content (AvgIpc) is 2.79.